The SMILES string of the molecule is C#Cc1cc(C)c2[nH]ccc2c1CN1CCC(C2CC2)C[C@H]1c1ccccc1. The number of H-pyrrole nitrogens is 1. The number of rotatable bonds is 4. The Balaban J connectivity index is 1.51. The third-order valence-corrected chi connectivity index (χ3v) is 6.90. The fourth-order valence-electron chi connectivity index (χ4n) is 5.22. The molecule has 2 nitrogen and oxygen atoms in total. The quantitative estimate of drug-likeness (QED) is 0.575. The maximum Gasteiger partial charge on any atom is 0.0487 e. The van der Waals surface area contributed by atoms with Crippen molar-refractivity contribution in [3.63, 3.8) is 0 Å². The van der Waals surface area contributed by atoms with Crippen molar-refractivity contribution < 1.29 is 0 Å². The van der Waals surface area contributed by atoms with Gasteiger partial charge < -0.3 is 4.98 Å². The lowest BCUT2D eigenvalue weighted by Gasteiger charge is -2.40. The Morgan fingerprint density at radius 1 is 1.11 bits per heavy atom. The molecule has 1 aromatic heterocycles. The molecule has 2 aromatic carbocycles. The minimum atomic E-state index is 0.487. The summed E-state index contributed by atoms with van der Waals surface area (Å²) < 4.78 is 0. The lowest BCUT2D eigenvalue weighted by molar-refractivity contribution is 0.0961. The highest BCUT2D eigenvalue weighted by Gasteiger charge is 2.38. The summed E-state index contributed by atoms with van der Waals surface area (Å²) in [6, 6.07) is 15.9. The van der Waals surface area contributed by atoms with Gasteiger partial charge in [0.15, 0.2) is 0 Å². The first-order chi connectivity index (χ1) is 13.7. The molecule has 1 saturated carbocycles. The molecule has 0 spiro atoms. The second-order valence-electron chi connectivity index (χ2n) is 8.65. The van der Waals surface area contributed by atoms with Crippen molar-refractivity contribution in [1.82, 2.24) is 9.88 Å². The predicted molar refractivity (Wildman–Crippen MR) is 116 cm³/mol. The highest BCUT2D eigenvalue weighted by atomic mass is 15.2. The molecule has 2 fully saturated rings. The number of benzene rings is 2. The van der Waals surface area contributed by atoms with Gasteiger partial charge in [0, 0.05) is 35.2 Å². The molecule has 1 unspecified atom stereocenters. The van der Waals surface area contributed by atoms with Crippen LogP contribution in [-0.2, 0) is 6.54 Å². The molecule has 1 aliphatic carbocycles. The van der Waals surface area contributed by atoms with E-state index in [-0.39, 0.29) is 0 Å². The van der Waals surface area contributed by atoms with E-state index >= 15 is 0 Å². The second kappa shape index (κ2) is 7.15. The highest BCUT2D eigenvalue weighted by Crippen LogP contribution is 2.47. The van der Waals surface area contributed by atoms with Crippen LogP contribution in [0.3, 0.4) is 0 Å². The summed E-state index contributed by atoms with van der Waals surface area (Å²) in [5.74, 6) is 4.82. The lowest BCUT2D eigenvalue weighted by atomic mass is 9.83. The monoisotopic (exact) mass is 368 g/mol. The number of piperidine rings is 1. The first kappa shape index (κ1) is 17.6. The Hall–Kier alpha value is -2.50. The summed E-state index contributed by atoms with van der Waals surface area (Å²) in [6.07, 6.45) is 13.4. The van der Waals surface area contributed by atoms with Crippen LogP contribution in [0, 0.1) is 31.1 Å². The Labute approximate surface area is 168 Å². The molecule has 1 saturated heterocycles. The normalized spacial score (nSPS) is 23.0. The van der Waals surface area contributed by atoms with Gasteiger partial charge in [0.2, 0.25) is 0 Å². The van der Waals surface area contributed by atoms with Gasteiger partial charge in [0.25, 0.3) is 0 Å². The fourth-order valence-corrected chi connectivity index (χ4v) is 5.22. The Kier molecular flexibility index (Phi) is 4.49. The Morgan fingerprint density at radius 2 is 1.93 bits per heavy atom. The third-order valence-electron chi connectivity index (χ3n) is 6.90. The number of fused-ring (bicyclic) bond motifs is 1. The number of aryl methyl sites for hydroxylation is 1. The van der Waals surface area contributed by atoms with Crippen LogP contribution in [-0.4, -0.2) is 16.4 Å². The zero-order chi connectivity index (χ0) is 19.1. The molecule has 0 radical (unpaired) electrons. The Bertz CT molecular complexity index is 1020. The van der Waals surface area contributed by atoms with Crippen LogP contribution in [0.15, 0.2) is 48.7 Å². The molecule has 2 heteroatoms. The van der Waals surface area contributed by atoms with Crippen LogP contribution in [0.2, 0.25) is 0 Å². The smallest absolute Gasteiger partial charge is 0.0487 e. The van der Waals surface area contributed by atoms with Gasteiger partial charge in [0.1, 0.15) is 0 Å². The van der Waals surface area contributed by atoms with Crippen LogP contribution in [0.1, 0.15) is 54.0 Å². The molecule has 142 valence electrons. The number of likely N-dealkylation sites (tertiary alicyclic amines) is 1. The maximum absolute atomic E-state index is 5.92. The zero-order valence-corrected chi connectivity index (χ0v) is 16.6. The summed E-state index contributed by atoms with van der Waals surface area (Å²) in [5, 5.41) is 1.28. The molecular formula is C26H28N2. The van der Waals surface area contributed by atoms with E-state index in [4.69, 9.17) is 6.42 Å². The molecular weight excluding hydrogens is 340 g/mol. The molecule has 2 heterocycles. The summed E-state index contributed by atoms with van der Waals surface area (Å²) in [7, 11) is 0. The molecule has 0 bridgehead atoms. The average molecular weight is 369 g/mol. The first-order valence-corrected chi connectivity index (χ1v) is 10.6. The van der Waals surface area contributed by atoms with Gasteiger partial charge in [-0.1, -0.05) is 36.3 Å². The van der Waals surface area contributed by atoms with Crippen molar-refractivity contribution in [3.05, 3.63) is 70.9 Å². The van der Waals surface area contributed by atoms with E-state index in [9.17, 15) is 0 Å². The fraction of sp³-hybridized carbons (Fsp3) is 0.385. The van der Waals surface area contributed by atoms with Gasteiger partial charge in [-0.25, -0.2) is 0 Å². The Morgan fingerprint density at radius 3 is 2.68 bits per heavy atom. The van der Waals surface area contributed by atoms with Gasteiger partial charge in [-0.05, 0) is 79.8 Å². The van der Waals surface area contributed by atoms with Crippen molar-refractivity contribution in [2.24, 2.45) is 11.8 Å². The second-order valence-corrected chi connectivity index (χ2v) is 8.65. The van der Waals surface area contributed by atoms with E-state index in [1.807, 2.05) is 6.20 Å². The van der Waals surface area contributed by atoms with Crippen molar-refractivity contribution in [3.8, 4) is 12.3 Å². The molecule has 3 aromatic rings. The van der Waals surface area contributed by atoms with Gasteiger partial charge in [-0.3, -0.25) is 4.90 Å². The molecule has 2 atom stereocenters. The molecule has 28 heavy (non-hydrogen) atoms. The van der Waals surface area contributed by atoms with Crippen molar-refractivity contribution in [2.45, 2.75) is 45.2 Å². The molecule has 5 rings (SSSR count). The topological polar surface area (TPSA) is 19.0 Å². The standard InChI is InChI=1S/C26H28N2/c1-3-19-15-18(2)26-23(11-13-27-26)24(19)17-28-14-12-22(20-9-10-20)16-25(28)21-7-5-4-6-8-21/h1,4-8,11,13,15,20,22,25,27H,9-10,12,14,16-17H2,2H3/t22?,25-/m0/s1. The number of hydrogen-bond acceptors (Lipinski definition) is 1. The number of nitrogens with one attached hydrogen (secondary N) is 1. The molecule has 0 amide bonds. The van der Waals surface area contributed by atoms with Gasteiger partial charge in [-0.2, -0.15) is 0 Å². The summed E-state index contributed by atoms with van der Waals surface area (Å²) in [4.78, 5) is 6.08. The number of nitrogens with zero attached hydrogens (tertiary/aromatic N) is 1. The minimum Gasteiger partial charge on any atom is -0.361 e. The minimum absolute atomic E-state index is 0.487. The summed E-state index contributed by atoms with van der Waals surface area (Å²) >= 11 is 0. The number of aromatic amines is 1. The predicted octanol–water partition coefficient (Wildman–Crippen LogP) is 5.82. The molecule has 1 aliphatic heterocycles. The van der Waals surface area contributed by atoms with E-state index in [2.05, 4.69) is 65.2 Å². The summed E-state index contributed by atoms with van der Waals surface area (Å²) in [5.41, 5.74) is 6.24. The lowest BCUT2D eigenvalue weighted by Crippen LogP contribution is -2.37. The van der Waals surface area contributed by atoms with Crippen LogP contribution in [0.4, 0.5) is 0 Å². The van der Waals surface area contributed by atoms with Gasteiger partial charge in [-0.15, -0.1) is 6.42 Å². The summed E-state index contributed by atoms with van der Waals surface area (Å²) in [6.45, 7) is 4.22. The number of terminal acetylenes is 1. The maximum atomic E-state index is 5.92. The number of aromatic nitrogens is 1. The largest absolute Gasteiger partial charge is 0.361 e. The van der Waals surface area contributed by atoms with Crippen LogP contribution in [0.5, 0.6) is 0 Å². The van der Waals surface area contributed by atoms with E-state index in [0.717, 1.165) is 30.5 Å². The van der Waals surface area contributed by atoms with Crippen LogP contribution in [0.25, 0.3) is 10.9 Å². The zero-order valence-electron chi connectivity index (χ0n) is 16.6. The van der Waals surface area contributed by atoms with E-state index in [1.165, 1.54) is 53.3 Å². The van der Waals surface area contributed by atoms with Crippen molar-refractivity contribution in [2.75, 3.05) is 6.54 Å². The highest BCUT2D eigenvalue weighted by molar-refractivity contribution is 5.88. The van der Waals surface area contributed by atoms with Crippen molar-refractivity contribution in [1.29, 1.82) is 0 Å². The van der Waals surface area contributed by atoms with Crippen LogP contribution >= 0.6 is 0 Å². The molecule has 1 N–H and O–H groups in total. The van der Waals surface area contributed by atoms with Gasteiger partial charge in [0.05, 0.1) is 0 Å². The van der Waals surface area contributed by atoms with Gasteiger partial charge >= 0.3 is 0 Å². The average Bonchev–Trinajstić information content (AvgIpc) is 3.46. The van der Waals surface area contributed by atoms with E-state index in [1.54, 1.807) is 0 Å². The van der Waals surface area contributed by atoms with E-state index < -0.39 is 0 Å². The third kappa shape index (κ3) is 3.15. The van der Waals surface area contributed by atoms with Crippen molar-refractivity contribution >= 4 is 10.9 Å². The van der Waals surface area contributed by atoms with E-state index in [0.29, 0.717) is 6.04 Å². The first-order valence-electron chi connectivity index (χ1n) is 10.6. The number of hydrogen-bond donors (Lipinski definition) is 1. The van der Waals surface area contributed by atoms with Crippen LogP contribution < -0.4 is 0 Å². The molecule has 2 aliphatic rings.